The van der Waals surface area contributed by atoms with Gasteiger partial charge in [-0.25, -0.2) is 4.98 Å². The molecule has 0 atom stereocenters. The van der Waals surface area contributed by atoms with E-state index in [1.165, 1.54) is 11.3 Å². The summed E-state index contributed by atoms with van der Waals surface area (Å²) in [4.78, 5) is 33.0. The molecule has 7 nitrogen and oxygen atoms in total. The number of thiazole rings is 1. The lowest BCUT2D eigenvalue weighted by Crippen LogP contribution is -2.38. The lowest BCUT2D eigenvalue weighted by molar-refractivity contribution is -0.119. The first-order chi connectivity index (χ1) is 11.5. The summed E-state index contributed by atoms with van der Waals surface area (Å²) in [6.07, 6.45) is 2.41. The van der Waals surface area contributed by atoms with Crippen molar-refractivity contribution >= 4 is 23.2 Å². The first-order valence-electron chi connectivity index (χ1n) is 7.86. The Bertz CT molecular complexity index is 726. The third-order valence-electron chi connectivity index (χ3n) is 3.99. The summed E-state index contributed by atoms with van der Waals surface area (Å²) in [5.74, 6) is 0.265. The van der Waals surface area contributed by atoms with Crippen LogP contribution in [0.25, 0.3) is 10.8 Å². The summed E-state index contributed by atoms with van der Waals surface area (Å²) < 4.78 is 5.36. The SMILES string of the molecule is Cc1sc(-c2ccco2)nc1C(=O)N1CCCN(CC(N)=O)CC1. The van der Waals surface area contributed by atoms with E-state index in [2.05, 4.69) is 4.98 Å². The summed E-state index contributed by atoms with van der Waals surface area (Å²) >= 11 is 1.45. The molecule has 0 unspecified atom stereocenters. The second-order valence-corrected chi connectivity index (χ2v) is 6.99. The van der Waals surface area contributed by atoms with Crippen molar-refractivity contribution < 1.29 is 14.0 Å². The molecule has 1 saturated heterocycles. The lowest BCUT2D eigenvalue weighted by atomic mass is 10.3. The highest BCUT2D eigenvalue weighted by Gasteiger charge is 2.25. The van der Waals surface area contributed by atoms with Crippen LogP contribution in [0.3, 0.4) is 0 Å². The fourth-order valence-corrected chi connectivity index (χ4v) is 3.68. The van der Waals surface area contributed by atoms with Gasteiger partial charge in [0.1, 0.15) is 5.69 Å². The molecule has 0 spiro atoms. The monoisotopic (exact) mass is 348 g/mol. The zero-order valence-electron chi connectivity index (χ0n) is 13.5. The average molecular weight is 348 g/mol. The van der Waals surface area contributed by atoms with E-state index in [1.54, 1.807) is 17.2 Å². The fourth-order valence-electron chi connectivity index (χ4n) is 2.80. The second kappa shape index (κ2) is 7.14. The van der Waals surface area contributed by atoms with E-state index in [1.807, 2.05) is 17.9 Å². The van der Waals surface area contributed by atoms with E-state index < -0.39 is 0 Å². The molecule has 128 valence electrons. The maximum atomic E-state index is 12.8. The maximum Gasteiger partial charge on any atom is 0.273 e. The molecule has 24 heavy (non-hydrogen) atoms. The van der Waals surface area contributed by atoms with Gasteiger partial charge in [0.2, 0.25) is 5.91 Å². The van der Waals surface area contributed by atoms with Crippen molar-refractivity contribution in [1.82, 2.24) is 14.8 Å². The molecule has 3 rings (SSSR count). The Kier molecular flexibility index (Phi) is 4.96. The number of hydrogen-bond donors (Lipinski definition) is 1. The van der Waals surface area contributed by atoms with Gasteiger partial charge in [0.15, 0.2) is 10.8 Å². The van der Waals surface area contributed by atoms with Gasteiger partial charge in [-0.05, 0) is 25.5 Å². The molecular formula is C16H20N4O3S. The zero-order chi connectivity index (χ0) is 17.1. The lowest BCUT2D eigenvalue weighted by Gasteiger charge is -2.20. The Balaban J connectivity index is 1.71. The molecule has 0 aliphatic carbocycles. The molecule has 1 aliphatic rings. The molecule has 1 aliphatic heterocycles. The summed E-state index contributed by atoms with van der Waals surface area (Å²) in [5, 5.41) is 0.714. The quantitative estimate of drug-likeness (QED) is 0.900. The van der Waals surface area contributed by atoms with E-state index in [4.69, 9.17) is 10.2 Å². The standard InChI is InChI=1S/C16H20N4O3S/c1-11-14(18-15(24-11)12-4-2-9-23-12)16(22)20-6-3-5-19(7-8-20)10-13(17)21/h2,4,9H,3,5-8,10H2,1H3,(H2,17,21). The smallest absolute Gasteiger partial charge is 0.273 e. The maximum absolute atomic E-state index is 12.8. The van der Waals surface area contributed by atoms with E-state index in [9.17, 15) is 9.59 Å². The van der Waals surface area contributed by atoms with Crippen LogP contribution in [-0.2, 0) is 4.79 Å². The van der Waals surface area contributed by atoms with Crippen molar-refractivity contribution in [3.63, 3.8) is 0 Å². The Morgan fingerprint density at radius 3 is 2.88 bits per heavy atom. The van der Waals surface area contributed by atoms with Crippen molar-refractivity contribution in [3.8, 4) is 10.8 Å². The second-order valence-electron chi connectivity index (χ2n) is 5.79. The average Bonchev–Trinajstić information content (AvgIpc) is 3.13. The normalized spacial score (nSPS) is 16.1. The first-order valence-corrected chi connectivity index (χ1v) is 8.67. The van der Waals surface area contributed by atoms with Crippen LogP contribution in [0.2, 0.25) is 0 Å². The number of aryl methyl sites for hydroxylation is 1. The number of amides is 2. The number of carbonyl (C=O) groups is 2. The Morgan fingerprint density at radius 1 is 1.33 bits per heavy atom. The van der Waals surface area contributed by atoms with Gasteiger partial charge in [-0.1, -0.05) is 0 Å². The third kappa shape index (κ3) is 3.65. The van der Waals surface area contributed by atoms with Gasteiger partial charge >= 0.3 is 0 Å². The molecule has 0 aromatic carbocycles. The van der Waals surface area contributed by atoms with Crippen LogP contribution >= 0.6 is 11.3 Å². The summed E-state index contributed by atoms with van der Waals surface area (Å²) in [6, 6.07) is 3.63. The number of aromatic nitrogens is 1. The van der Waals surface area contributed by atoms with Crippen molar-refractivity contribution in [1.29, 1.82) is 0 Å². The van der Waals surface area contributed by atoms with Gasteiger partial charge in [-0.15, -0.1) is 11.3 Å². The Morgan fingerprint density at radius 2 is 2.17 bits per heavy atom. The molecule has 2 aromatic rings. The zero-order valence-corrected chi connectivity index (χ0v) is 14.3. The first kappa shape index (κ1) is 16.7. The van der Waals surface area contributed by atoms with Gasteiger partial charge < -0.3 is 15.1 Å². The van der Waals surface area contributed by atoms with Crippen molar-refractivity contribution in [3.05, 3.63) is 29.0 Å². The van der Waals surface area contributed by atoms with Gasteiger partial charge in [-0.2, -0.15) is 0 Å². The number of nitrogens with two attached hydrogens (primary N) is 1. The Hall–Kier alpha value is -2.19. The summed E-state index contributed by atoms with van der Waals surface area (Å²) in [7, 11) is 0. The molecule has 0 saturated carbocycles. The third-order valence-corrected chi connectivity index (χ3v) is 4.97. The molecule has 8 heteroatoms. The molecule has 0 bridgehead atoms. The molecular weight excluding hydrogens is 328 g/mol. The highest BCUT2D eigenvalue weighted by atomic mass is 32.1. The van der Waals surface area contributed by atoms with Crippen molar-refractivity contribution in [2.45, 2.75) is 13.3 Å². The molecule has 0 radical (unpaired) electrons. The van der Waals surface area contributed by atoms with Gasteiger partial charge in [0, 0.05) is 31.1 Å². The van der Waals surface area contributed by atoms with Crippen molar-refractivity contribution in [2.75, 3.05) is 32.7 Å². The van der Waals surface area contributed by atoms with Crippen LogP contribution in [0.1, 0.15) is 21.8 Å². The van der Waals surface area contributed by atoms with E-state index in [-0.39, 0.29) is 18.4 Å². The number of carbonyl (C=O) groups excluding carboxylic acids is 2. The molecule has 2 amide bonds. The van der Waals surface area contributed by atoms with Crippen molar-refractivity contribution in [2.24, 2.45) is 5.73 Å². The number of furan rings is 1. The highest BCUT2D eigenvalue weighted by molar-refractivity contribution is 7.15. The van der Waals surface area contributed by atoms with E-state index >= 15 is 0 Å². The topological polar surface area (TPSA) is 92.7 Å². The molecule has 2 aromatic heterocycles. The number of rotatable bonds is 4. The minimum atomic E-state index is -0.340. The van der Waals surface area contributed by atoms with E-state index in [0.717, 1.165) is 17.8 Å². The largest absolute Gasteiger partial charge is 0.462 e. The van der Waals surface area contributed by atoms with Crippen LogP contribution in [0.15, 0.2) is 22.8 Å². The van der Waals surface area contributed by atoms with Gasteiger partial charge in [0.25, 0.3) is 5.91 Å². The van der Waals surface area contributed by atoms with Crippen LogP contribution in [-0.4, -0.2) is 59.3 Å². The van der Waals surface area contributed by atoms with Crippen LogP contribution in [0, 0.1) is 6.92 Å². The highest BCUT2D eigenvalue weighted by Crippen LogP contribution is 2.28. The number of primary amides is 1. The Labute approximate surface area is 144 Å². The minimum Gasteiger partial charge on any atom is -0.462 e. The molecule has 2 N–H and O–H groups in total. The summed E-state index contributed by atoms with van der Waals surface area (Å²) in [5.41, 5.74) is 5.73. The minimum absolute atomic E-state index is 0.0671. The fraction of sp³-hybridized carbons (Fsp3) is 0.438. The van der Waals surface area contributed by atoms with Gasteiger partial charge in [0.05, 0.1) is 12.8 Å². The van der Waals surface area contributed by atoms with Crippen LogP contribution in [0.4, 0.5) is 0 Å². The number of nitrogens with zero attached hydrogens (tertiary/aromatic N) is 3. The summed E-state index contributed by atoms with van der Waals surface area (Å²) in [6.45, 7) is 4.76. The van der Waals surface area contributed by atoms with Crippen LogP contribution < -0.4 is 5.73 Å². The predicted octanol–water partition coefficient (Wildman–Crippen LogP) is 1.34. The molecule has 3 heterocycles. The van der Waals surface area contributed by atoms with Gasteiger partial charge in [-0.3, -0.25) is 14.5 Å². The van der Waals surface area contributed by atoms with E-state index in [0.29, 0.717) is 36.1 Å². The predicted molar refractivity (Wildman–Crippen MR) is 90.7 cm³/mol. The molecule has 1 fully saturated rings. The van der Waals surface area contributed by atoms with Crippen LogP contribution in [0.5, 0.6) is 0 Å². The number of hydrogen-bond acceptors (Lipinski definition) is 6.